The Morgan fingerprint density at radius 2 is 2.09 bits per heavy atom. The number of guanidine groups is 1. The lowest BCUT2D eigenvalue weighted by Gasteiger charge is -2.26. The Balaban J connectivity index is 1.61. The Morgan fingerprint density at radius 1 is 1.22 bits per heavy atom. The second-order valence-corrected chi connectivity index (χ2v) is 5.93. The van der Waals surface area contributed by atoms with Gasteiger partial charge in [-0.15, -0.1) is 0 Å². The van der Waals surface area contributed by atoms with Crippen molar-refractivity contribution >= 4 is 5.96 Å². The minimum absolute atomic E-state index is 0.769. The predicted octanol–water partition coefficient (Wildman–Crippen LogP) is 1.00. The Hall–Kier alpha value is -1.11. The highest BCUT2D eigenvalue weighted by atomic mass is 16.5. The summed E-state index contributed by atoms with van der Waals surface area (Å²) in [5.74, 6) is 0.933. The van der Waals surface area contributed by atoms with Crippen molar-refractivity contribution in [2.24, 2.45) is 4.99 Å². The van der Waals surface area contributed by atoms with E-state index in [1.165, 1.54) is 5.57 Å². The Bertz CT molecular complexity index is 379. The van der Waals surface area contributed by atoms with E-state index in [1.54, 1.807) is 0 Å². The van der Waals surface area contributed by atoms with Gasteiger partial charge in [0.05, 0.1) is 26.4 Å². The first-order chi connectivity index (χ1) is 11.4. The normalized spacial score (nSPS) is 20.2. The first kappa shape index (κ1) is 18.2. The maximum atomic E-state index is 5.37. The molecule has 0 saturated carbocycles. The Labute approximate surface area is 140 Å². The summed E-state index contributed by atoms with van der Waals surface area (Å²) >= 11 is 0. The number of aliphatic imine (C=N–C) groups is 1. The molecule has 1 saturated heterocycles. The third-order valence-corrected chi connectivity index (χ3v) is 4.15. The molecule has 0 spiro atoms. The third-order valence-electron chi connectivity index (χ3n) is 4.15. The lowest BCUT2D eigenvalue weighted by atomic mass is 10.1. The topological polar surface area (TPSA) is 58.1 Å². The summed E-state index contributed by atoms with van der Waals surface area (Å²) in [7, 11) is 0. The molecule has 0 aromatic carbocycles. The molecular formula is C17H32N4O2. The maximum absolute atomic E-state index is 5.37. The number of morpholine rings is 1. The largest absolute Gasteiger partial charge is 0.379 e. The van der Waals surface area contributed by atoms with Gasteiger partial charge in [0, 0.05) is 39.3 Å². The molecule has 2 rings (SSSR count). The van der Waals surface area contributed by atoms with E-state index in [4.69, 9.17) is 9.47 Å². The summed E-state index contributed by atoms with van der Waals surface area (Å²) < 4.78 is 10.7. The van der Waals surface area contributed by atoms with E-state index in [9.17, 15) is 0 Å². The van der Waals surface area contributed by atoms with Crippen LogP contribution in [0.3, 0.4) is 0 Å². The first-order valence-electron chi connectivity index (χ1n) is 8.96. The van der Waals surface area contributed by atoms with E-state index in [0.29, 0.717) is 0 Å². The van der Waals surface area contributed by atoms with Crippen molar-refractivity contribution in [2.45, 2.75) is 26.2 Å². The summed E-state index contributed by atoms with van der Waals surface area (Å²) in [6, 6.07) is 0. The zero-order valence-corrected chi connectivity index (χ0v) is 14.5. The Kier molecular flexibility index (Phi) is 9.06. The molecule has 0 amide bonds. The van der Waals surface area contributed by atoms with Crippen molar-refractivity contribution in [1.29, 1.82) is 0 Å². The summed E-state index contributed by atoms with van der Waals surface area (Å²) in [5, 5.41) is 6.75. The van der Waals surface area contributed by atoms with E-state index >= 15 is 0 Å². The predicted molar refractivity (Wildman–Crippen MR) is 94.0 cm³/mol. The number of hydrogen-bond donors (Lipinski definition) is 2. The van der Waals surface area contributed by atoms with E-state index in [-0.39, 0.29) is 0 Å². The van der Waals surface area contributed by atoms with Crippen LogP contribution < -0.4 is 10.6 Å². The molecule has 2 N–H and O–H groups in total. The van der Waals surface area contributed by atoms with E-state index < -0.39 is 0 Å². The molecule has 2 aliphatic rings. The van der Waals surface area contributed by atoms with Gasteiger partial charge in [-0.05, 0) is 26.2 Å². The van der Waals surface area contributed by atoms with Gasteiger partial charge in [-0.25, -0.2) is 0 Å². The van der Waals surface area contributed by atoms with Crippen molar-refractivity contribution in [3.05, 3.63) is 11.6 Å². The van der Waals surface area contributed by atoms with Crippen molar-refractivity contribution in [1.82, 2.24) is 15.5 Å². The second-order valence-electron chi connectivity index (χ2n) is 5.93. The fourth-order valence-corrected chi connectivity index (χ4v) is 2.79. The average molecular weight is 324 g/mol. The molecule has 132 valence electrons. The Morgan fingerprint density at radius 3 is 2.83 bits per heavy atom. The zero-order chi connectivity index (χ0) is 16.2. The van der Waals surface area contributed by atoms with Gasteiger partial charge < -0.3 is 20.1 Å². The van der Waals surface area contributed by atoms with Gasteiger partial charge >= 0.3 is 0 Å². The molecule has 0 radical (unpaired) electrons. The van der Waals surface area contributed by atoms with Crippen molar-refractivity contribution in [2.75, 3.05) is 65.7 Å². The standard InChI is InChI=1S/C17H32N4O2/c1-2-18-17(20-8-4-16-5-12-22-13-6-16)19-7-3-9-21-10-14-23-15-11-21/h5H,2-4,6-15H2,1H3,(H2,18,19,20). The van der Waals surface area contributed by atoms with Gasteiger partial charge in [-0.2, -0.15) is 0 Å². The lowest BCUT2D eigenvalue weighted by Crippen LogP contribution is -2.39. The van der Waals surface area contributed by atoms with E-state index in [1.807, 2.05) is 0 Å². The smallest absolute Gasteiger partial charge is 0.191 e. The summed E-state index contributed by atoms with van der Waals surface area (Å²) in [6.45, 7) is 11.4. The van der Waals surface area contributed by atoms with Crippen LogP contribution in [-0.2, 0) is 9.47 Å². The number of nitrogens with one attached hydrogen (secondary N) is 2. The van der Waals surface area contributed by atoms with Gasteiger partial charge in [-0.3, -0.25) is 9.89 Å². The van der Waals surface area contributed by atoms with Gasteiger partial charge in [-0.1, -0.05) is 11.6 Å². The SMILES string of the molecule is CCNC(=NCCCN1CCOCC1)NCCC1=CCOCC1. The first-order valence-corrected chi connectivity index (χ1v) is 8.96. The van der Waals surface area contributed by atoms with Crippen LogP contribution in [-0.4, -0.2) is 76.6 Å². The molecule has 0 atom stereocenters. The zero-order valence-electron chi connectivity index (χ0n) is 14.5. The number of rotatable bonds is 8. The fourth-order valence-electron chi connectivity index (χ4n) is 2.79. The van der Waals surface area contributed by atoms with Crippen LogP contribution in [0.5, 0.6) is 0 Å². The minimum Gasteiger partial charge on any atom is -0.379 e. The van der Waals surface area contributed by atoms with Gasteiger partial charge in [0.25, 0.3) is 0 Å². The van der Waals surface area contributed by atoms with Crippen LogP contribution in [0.15, 0.2) is 16.6 Å². The van der Waals surface area contributed by atoms with Gasteiger partial charge in [0.1, 0.15) is 0 Å². The molecule has 0 unspecified atom stereocenters. The highest BCUT2D eigenvalue weighted by Gasteiger charge is 2.09. The van der Waals surface area contributed by atoms with Crippen molar-refractivity contribution in [3.63, 3.8) is 0 Å². The van der Waals surface area contributed by atoms with E-state index in [0.717, 1.165) is 90.9 Å². The van der Waals surface area contributed by atoms with Gasteiger partial charge in [0.2, 0.25) is 0 Å². The molecule has 0 aromatic heterocycles. The van der Waals surface area contributed by atoms with Gasteiger partial charge in [0.15, 0.2) is 5.96 Å². The van der Waals surface area contributed by atoms with Crippen LogP contribution in [0.1, 0.15) is 26.2 Å². The summed E-state index contributed by atoms with van der Waals surface area (Å²) in [5.41, 5.74) is 1.49. The molecular weight excluding hydrogens is 292 g/mol. The quantitative estimate of drug-likeness (QED) is 0.302. The number of ether oxygens (including phenoxy) is 2. The van der Waals surface area contributed by atoms with Crippen LogP contribution in [0.25, 0.3) is 0 Å². The highest BCUT2D eigenvalue weighted by molar-refractivity contribution is 5.79. The van der Waals surface area contributed by atoms with Crippen LogP contribution >= 0.6 is 0 Å². The minimum atomic E-state index is 0.769. The summed E-state index contributed by atoms with van der Waals surface area (Å²) in [6.07, 6.45) is 5.44. The van der Waals surface area contributed by atoms with Crippen LogP contribution in [0.4, 0.5) is 0 Å². The van der Waals surface area contributed by atoms with Crippen molar-refractivity contribution in [3.8, 4) is 0 Å². The number of hydrogen-bond acceptors (Lipinski definition) is 4. The average Bonchev–Trinajstić information content (AvgIpc) is 2.60. The molecule has 0 aliphatic carbocycles. The third kappa shape index (κ3) is 7.81. The highest BCUT2D eigenvalue weighted by Crippen LogP contribution is 2.10. The second kappa shape index (κ2) is 11.4. The summed E-state index contributed by atoms with van der Waals surface area (Å²) in [4.78, 5) is 7.13. The lowest BCUT2D eigenvalue weighted by molar-refractivity contribution is 0.0377. The maximum Gasteiger partial charge on any atom is 0.191 e. The molecule has 0 bridgehead atoms. The fraction of sp³-hybridized carbons (Fsp3) is 0.824. The monoisotopic (exact) mass is 324 g/mol. The number of nitrogens with zero attached hydrogens (tertiary/aromatic N) is 2. The molecule has 0 aromatic rings. The van der Waals surface area contributed by atoms with Crippen molar-refractivity contribution < 1.29 is 9.47 Å². The molecule has 6 nitrogen and oxygen atoms in total. The molecule has 23 heavy (non-hydrogen) atoms. The molecule has 2 heterocycles. The molecule has 1 fully saturated rings. The molecule has 2 aliphatic heterocycles. The van der Waals surface area contributed by atoms with E-state index in [2.05, 4.69) is 33.5 Å². The molecule has 6 heteroatoms. The van der Waals surface area contributed by atoms with Crippen LogP contribution in [0, 0.1) is 0 Å². The van der Waals surface area contributed by atoms with Crippen LogP contribution in [0.2, 0.25) is 0 Å².